The van der Waals surface area contributed by atoms with Gasteiger partial charge in [-0.1, -0.05) is 44.2 Å². The summed E-state index contributed by atoms with van der Waals surface area (Å²) >= 11 is 0. The molecular formula is C13H19NO3. The molecule has 94 valence electrons. The second-order valence-corrected chi connectivity index (χ2v) is 4.30. The van der Waals surface area contributed by atoms with Crippen LogP contribution in [-0.2, 0) is 4.74 Å². The molecule has 1 unspecified atom stereocenters. The van der Waals surface area contributed by atoms with Crippen LogP contribution in [0.2, 0.25) is 0 Å². The Morgan fingerprint density at radius 2 is 2.00 bits per heavy atom. The van der Waals surface area contributed by atoms with Crippen LogP contribution in [-0.4, -0.2) is 24.4 Å². The first-order chi connectivity index (χ1) is 8.09. The Balaban J connectivity index is 2.29. The summed E-state index contributed by atoms with van der Waals surface area (Å²) in [7, 11) is 0. The smallest absolute Gasteiger partial charge is 0.407 e. The summed E-state index contributed by atoms with van der Waals surface area (Å²) in [5.41, 5.74) is 0.775. The highest BCUT2D eigenvalue weighted by Gasteiger charge is 2.09. The topological polar surface area (TPSA) is 58.6 Å². The number of hydrogen-bond acceptors (Lipinski definition) is 3. The number of benzene rings is 1. The lowest BCUT2D eigenvalue weighted by molar-refractivity contribution is 0.121. The van der Waals surface area contributed by atoms with E-state index >= 15 is 0 Å². The molecule has 1 aromatic rings. The molecule has 0 fully saturated rings. The van der Waals surface area contributed by atoms with Gasteiger partial charge in [-0.3, -0.25) is 0 Å². The minimum Gasteiger partial charge on any atom is -0.449 e. The van der Waals surface area contributed by atoms with Gasteiger partial charge < -0.3 is 15.2 Å². The Bertz CT molecular complexity index is 338. The van der Waals surface area contributed by atoms with Crippen molar-refractivity contribution >= 4 is 6.09 Å². The molecular weight excluding hydrogens is 218 g/mol. The predicted octanol–water partition coefficient (Wildman–Crippen LogP) is 2.10. The molecule has 4 nitrogen and oxygen atoms in total. The van der Waals surface area contributed by atoms with Gasteiger partial charge in [-0.15, -0.1) is 0 Å². The lowest BCUT2D eigenvalue weighted by Gasteiger charge is -2.13. The van der Waals surface area contributed by atoms with Gasteiger partial charge in [0.2, 0.25) is 0 Å². The van der Waals surface area contributed by atoms with Crippen molar-refractivity contribution in [2.75, 3.05) is 13.2 Å². The van der Waals surface area contributed by atoms with Gasteiger partial charge >= 0.3 is 6.09 Å². The van der Waals surface area contributed by atoms with E-state index in [1.54, 1.807) is 0 Å². The highest BCUT2D eigenvalue weighted by atomic mass is 16.5. The van der Waals surface area contributed by atoms with E-state index in [9.17, 15) is 9.90 Å². The van der Waals surface area contributed by atoms with Crippen LogP contribution >= 0.6 is 0 Å². The van der Waals surface area contributed by atoms with Crippen LogP contribution in [0.1, 0.15) is 25.5 Å². The Morgan fingerprint density at radius 1 is 1.35 bits per heavy atom. The predicted molar refractivity (Wildman–Crippen MR) is 65.6 cm³/mol. The average Bonchev–Trinajstić information content (AvgIpc) is 2.34. The van der Waals surface area contributed by atoms with Gasteiger partial charge in [0.15, 0.2) is 0 Å². The summed E-state index contributed by atoms with van der Waals surface area (Å²) in [6.45, 7) is 4.46. The number of alkyl carbamates (subject to hydrolysis) is 1. The van der Waals surface area contributed by atoms with E-state index in [2.05, 4.69) is 5.32 Å². The minimum absolute atomic E-state index is 0.154. The largest absolute Gasteiger partial charge is 0.449 e. The molecule has 1 rings (SSSR count). The Labute approximate surface area is 102 Å². The molecule has 1 aromatic carbocycles. The molecule has 0 saturated heterocycles. The quantitative estimate of drug-likeness (QED) is 0.824. The van der Waals surface area contributed by atoms with Crippen LogP contribution < -0.4 is 5.32 Å². The van der Waals surface area contributed by atoms with Crippen molar-refractivity contribution in [1.29, 1.82) is 0 Å². The molecule has 0 spiro atoms. The van der Waals surface area contributed by atoms with Crippen molar-refractivity contribution in [3.63, 3.8) is 0 Å². The molecule has 0 heterocycles. The van der Waals surface area contributed by atoms with Crippen molar-refractivity contribution in [1.82, 2.24) is 5.32 Å². The molecule has 0 aliphatic heterocycles. The Hall–Kier alpha value is -1.55. The highest BCUT2D eigenvalue weighted by Crippen LogP contribution is 2.10. The van der Waals surface area contributed by atoms with Crippen molar-refractivity contribution in [3.05, 3.63) is 35.9 Å². The molecule has 2 N–H and O–H groups in total. The van der Waals surface area contributed by atoms with Gasteiger partial charge in [0.05, 0.1) is 19.3 Å². The summed E-state index contributed by atoms with van der Waals surface area (Å²) in [5, 5.41) is 12.3. The summed E-state index contributed by atoms with van der Waals surface area (Å²) in [4.78, 5) is 11.2. The van der Waals surface area contributed by atoms with E-state index in [0.717, 1.165) is 5.56 Å². The zero-order valence-electron chi connectivity index (χ0n) is 10.2. The van der Waals surface area contributed by atoms with E-state index in [-0.39, 0.29) is 6.54 Å². The number of carbonyl (C=O) groups excluding carboxylic acids is 1. The van der Waals surface area contributed by atoms with E-state index in [4.69, 9.17) is 4.74 Å². The fourth-order valence-electron chi connectivity index (χ4n) is 1.27. The normalized spacial score (nSPS) is 12.2. The van der Waals surface area contributed by atoms with Crippen LogP contribution in [0.25, 0.3) is 0 Å². The van der Waals surface area contributed by atoms with Crippen molar-refractivity contribution in [3.8, 4) is 0 Å². The van der Waals surface area contributed by atoms with Crippen molar-refractivity contribution in [2.45, 2.75) is 20.0 Å². The van der Waals surface area contributed by atoms with Gasteiger partial charge in [-0.05, 0) is 11.5 Å². The number of aliphatic hydroxyl groups excluding tert-OH is 1. The summed E-state index contributed by atoms with van der Waals surface area (Å²) < 4.78 is 4.93. The lowest BCUT2D eigenvalue weighted by Crippen LogP contribution is -2.29. The monoisotopic (exact) mass is 237 g/mol. The summed E-state index contributed by atoms with van der Waals surface area (Å²) in [6.07, 6.45) is -1.20. The summed E-state index contributed by atoms with van der Waals surface area (Å²) in [5.74, 6) is 0.305. The number of hydrogen-bond donors (Lipinski definition) is 2. The number of aliphatic hydroxyl groups is 1. The van der Waals surface area contributed by atoms with Crippen LogP contribution in [0.3, 0.4) is 0 Å². The lowest BCUT2D eigenvalue weighted by atomic mass is 10.1. The molecule has 4 heteroatoms. The molecule has 0 aliphatic carbocycles. The third kappa shape index (κ3) is 5.36. The first-order valence-corrected chi connectivity index (χ1v) is 5.73. The Morgan fingerprint density at radius 3 is 2.59 bits per heavy atom. The maximum atomic E-state index is 11.2. The van der Waals surface area contributed by atoms with Crippen molar-refractivity contribution < 1.29 is 14.6 Å². The zero-order chi connectivity index (χ0) is 12.7. The number of carbonyl (C=O) groups is 1. The number of nitrogens with one attached hydrogen (secondary N) is 1. The van der Waals surface area contributed by atoms with Gasteiger partial charge in [-0.2, -0.15) is 0 Å². The molecule has 0 saturated carbocycles. The minimum atomic E-state index is -0.706. The van der Waals surface area contributed by atoms with E-state index in [1.165, 1.54) is 0 Å². The molecule has 1 amide bonds. The van der Waals surface area contributed by atoms with E-state index in [0.29, 0.717) is 12.5 Å². The van der Waals surface area contributed by atoms with Gasteiger partial charge in [0.1, 0.15) is 0 Å². The standard InChI is InChI=1S/C13H19NO3/c1-10(2)9-17-13(16)14-8-12(15)11-6-4-3-5-7-11/h3-7,10,12,15H,8-9H2,1-2H3,(H,14,16). The second-order valence-electron chi connectivity index (χ2n) is 4.30. The number of rotatable bonds is 5. The average molecular weight is 237 g/mol. The van der Waals surface area contributed by atoms with E-state index < -0.39 is 12.2 Å². The molecule has 17 heavy (non-hydrogen) atoms. The molecule has 0 bridgehead atoms. The molecule has 1 atom stereocenters. The molecule has 0 aromatic heterocycles. The highest BCUT2D eigenvalue weighted by molar-refractivity contribution is 5.67. The third-order valence-corrected chi connectivity index (χ3v) is 2.17. The van der Waals surface area contributed by atoms with Gasteiger partial charge in [-0.25, -0.2) is 4.79 Å². The number of ether oxygens (including phenoxy) is 1. The maximum Gasteiger partial charge on any atom is 0.407 e. The van der Waals surface area contributed by atoms with Crippen LogP contribution in [0.15, 0.2) is 30.3 Å². The fraction of sp³-hybridized carbons (Fsp3) is 0.462. The van der Waals surface area contributed by atoms with Gasteiger partial charge in [0.25, 0.3) is 0 Å². The van der Waals surface area contributed by atoms with Crippen molar-refractivity contribution in [2.24, 2.45) is 5.92 Å². The molecule has 0 radical (unpaired) electrons. The second kappa shape index (κ2) is 6.91. The first-order valence-electron chi connectivity index (χ1n) is 5.73. The molecule has 0 aliphatic rings. The number of amides is 1. The van der Waals surface area contributed by atoms with Crippen LogP contribution in [0.4, 0.5) is 4.79 Å². The third-order valence-electron chi connectivity index (χ3n) is 2.17. The maximum absolute atomic E-state index is 11.2. The van der Waals surface area contributed by atoms with E-state index in [1.807, 2.05) is 44.2 Å². The summed E-state index contributed by atoms with van der Waals surface area (Å²) in [6, 6.07) is 9.18. The zero-order valence-corrected chi connectivity index (χ0v) is 10.2. The Kier molecular flexibility index (Phi) is 5.49. The van der Waals surface area contributed by atoms with Crippen LogP contribution in [0.5, 0.6) is 0 Å². The first kappa shape index (κ1) is 13.5. The SMILES string of the molecule is CC(C)COC(=O)NCC(O)c1ccccc1. The fourth-order valence-corrected chi connectivity index (χ4v) is 1.27. The van der Waals surface area contributed by atoms with Crippen LogP contribution in [0, 0.1) is 5.92 Å². The van der Waals surface area contributed by atoms with Gasteiger partial charge in [0, 0.05) is 0 Å².